The topological polar surface area (TPSA) is 242 Å². The SMILES string of the molecule is CN1CN=c2c(ncn2[C@@H]2O[C@H](C(O)OP(=O)(O)c3c[nH]c(C(=O)O)n3)[C@@H](O)[C@H]2O)=C1N. The number of aromatic amines is 1. The Balaban J connectivity index is 1.56. The molecule has 4 heterocycles. The number of carboxylic acids is 1. The molecule has 2 aliphatic heterocycles. The maximum absolute atomic E-state index is 12.4. The number of hydrogen-bond acceptors (Lipinski definition) is 12. The molecule has 0 bridgehead atoms. The number of H-pyrrole nitrogens is 1. The highest BCUT2D eigenvalue weighted by molar-refractivity contribution is 7.61. The molecule has 0 radical (unpaired) electrons. The Kier molecular flexibility index (Phi) is 5.54. The number of aromatic nitrogens is 4. The molecule has 0 spiro atoms. The van der Waals surface area contributed by atoms with Gasteiger partial charge in [0.2, 0.25) is 5.82 Å². The lowest BCUT2D eigenvalue weighted by atomic mass is 10.1. The van der Waals surface area contributed by atoms with Gasteiger partial charge >= 0.3 is 13.6 Å². The molecule has 16 nitrogen and oxygen atoms in total. The van der Waals surface area contributed by atoms with Crippen molar-refractivity contribution in [1.29, 1.82) is 0 Å². The molecule has 174 valence electrons. The van der Waals surface area contributed by atoms with Crippen LogP contribution in [0.2, 0.25) is 0 Å². The van der Waals surface area contributed by atoms with Gasteiger partial charge in [0.1, 0.15) is 36.2 Å². The minimum Gasteiger partial charge on any atom is -0.475 e. The molecule has 2 aliphatic rings. The van der Waals surface area contributed by atoms with Crippen molar-refractivity contribution in [3.63, 3.8) is 0 Å². The predicted molar refractivity (Wildman–Crippen MR) is 101 cm³/mol. The van der Waals surface area contributed by atoms with Crippen molar-refractivity contribution in [1.82, 2.24) is 24.4 Å². The Morgan fingerprint density at radius 1 is 1.44 bits per heavy atom. The number of aliphatic hydroxyl groups is 3. The van der Waals surface area contributed by atoms with E-state index in [0.717, 1.165) is 6.20 Å². The summed E-state index contributed by atoms with van der Waals surface area (Å²) in [6, 6.07) is 0. The summed E-state index contributed by atoms with van der Waals surface area (Å²) in [6.07, 6.45) is -6.32. The number of hydrogen-bond donors (Lipinski definition) is 7. The van der Waals surface area contributed by atoms with Gasteiger partial charge in [0.25, 0.3) is 0 Å². The van der Waals surface area contributed by atoms with E-state index in [1.54, 1.807) is 11.9 Å². The van der Waals surface area contributed by atoms with E-state index in [1.807, 2.05) is 0 Å². The third-order valence-corrected chi connectivity index (χ3v) is 6.30. The van der Waals surface area contributed by atoms with Crippen LogP contribution in [0.4, 0.5) is 0 Å². The van der Waals surface area contributed by atoms with Crippen molar-refractivity contribution in [3.8, 4) is 0 Å². The average molecular weight is 473 g/mol. The van der Waals surface area contributed by atoms with Crippen molar-refractivity contribution in [2.24, 2.45) is 10.7 Å². The van der Waals surface area contributed by atoms with Gasteiger partial charge in [-0.1, -0.05) is 0 Å². The summed E-state index contributed by atoms with van der Waals surface area (Å²) in [5, 5.41) is 40.3. The summed E-state index contributed by atoms with van der Waals surface area (Å²) >= 11 is 0. The van der Waals surface area contributed by atoms with Crippen LogP contribution in [-0.2, 0) is 13.8 Å². The first-order chi connectivity index (χ1) is 15.0. The highest BCUT2D eigenvalue weighted by Crippen LogP contribution is 2.43. The number of nitrogens with one attached hydrogen (secondary N) is 1. The van der Waals surface area contributed by atoms with Crippen LogP contribution in [0.5, 0.6) is 0 Å². The van der Waals surface area contributed by atoms with Gasteiger partial charge in [0, 0.05) is 13.2 Å². The molecule has 4 rings (SSSR count). The largest absolute Gasteiger partial charge is 0.475 e. The number of carbonyl (C=O) groups is 1. The summed E-state index contributed by atoms with van der Waals surface area (Å²) < 4.78 is 24.0. The molecule has 0 amide bonds. The smallest absolute Gasteiger partial charge is 0.381 e. The van der Waals surface area contributed by atoms with Crippen molar-refractivity contribution in [2.45, 2.75) is 30.8 Å². The molecule has 8 N–H and O–H groups in total. The standard InChI is InChI=1S/C15H20N7O9P/c1-21-3-19-12-6(10(21)16)18-4-22(12)13-8(24)7(23)9(30-13)15(27)31-32(28,29)5-2-17-11(20-5)14(25)26/h2,4,7-9,13,15,23-24,27H,3,16H2,1H3,(H,17,20)(H,25,26)(H,28,29)/t7-,8+,9-,13+,15?/m0/s1. The van der Waals surface area contributed by atoms with Gasteiger partial charge in [-0.3, -0.25) is 13.7 Å². The molecule has 1 fully saturated rings. The minimum absolute atomic E-state index is 0.209. The molecule has 0 saturated carbocycles. The fourth-order valence-electron chi connectivity index (χ4n) is 3.29. The van der Waals surface area contributed by atoms with Gasteiger partial charge in [0.05, 0.1) is 6.33 Å². The fourth-order valence-corrected chi connectivity index (χ4v) is 4.26. The molecule has 2 unspecified atom stereocenters. The Hall–Kier alpha value is -2.85. The summed E-state index contributed by atoms with van der Waals surface area (Å²) in [5.41, 5.74) is 5.58. The monoisotopic (exact) mass is 473 g/mol. The molecule has 1 saturated heterocycles. The summed E-state index contributed by atoms with van der Waals surface area (Å²) in [7, 11) is -3.11. The van der Waals surface area contributed by atoms with Gasteiger partial charge in [-0.2, -0.15) is 0 Å². The molecule has 2 aromatic heterocycles. The molecule has 0 aliphatic carbocycles. The average Bonchev–Trinajstić information content (AvgIpc) is 3.44. The normalized spacial score (nSPS) is 28.2. The highest BCUT2D eigenvalue weighted by Gasteiger charge is 2.49. The van der Waals surface area contributed by atoms with Crippen LogP contribution in [0.1, 0.15) is 16.8 Å². The van der Waals surface area contributed by atoms with Crippen molar-refractivity contribution in [2.75, 3.05) is 13.7 Å². The first-order valence-electron chi connectivity index (χ1n) is 9.09. The maximum Gasteiger partial charge on any atom is 0.381 e. The first kappa shape index (κ1) is 22.3. The van der Waals surface area contributed by atoms with E-state index in [1.165, 1.54) is 10.9 Å². The van der Waals surface area contributed by atoms with Gasteiger partial charge < -0.3 is 45.7 Å². The molecular weight excluding hydrogens is 453 g/mol. The first-order valence-corrected chi connectivity index (χ1v) is 10.7. The van der Waals surface area contributed by atoms with E-state index in [9.17, 15) is 29.6 Å². The van der Waals surface area contributed by atoms with Crippen LogP contribution in [0.3, 0.4) is 0 Å². The molecular formula is C15H20N7O9P. The number of aromatic carboxylic acids is 1. The number of nitrogens with zero attached hydrogens (tertiary/aromatic N) is 5. The van der Waals surface area contributed by atoms with Crippen molar-refractivity contribution in [3.05, 3.63) is 29.2 Å². The number of carboxylic acid groups (broad SMARTS) is 1. The zero-order valence-electron chi connectivity index (χ0n) is 16.4. The zero-order valence-corrected chi connectivity index (χ0v) is 17.3. The van der Waals surface area contributed by atoms with Gasteiger partial charge in [-0.15, -0.1) is 0 Å². The third-order valence-electron chi connectivity index (χ3n) is 4.99. The summed E-state index contributed by atoms with van der Waals surface area (Å²) in [5.74, 6) is -1.76. The second-order valence-electron chi connectivity index (χ2n) is 7.11. The van der Waals surface area contributed by atoms with E-state index in [-0.39, 0.29) is 12.2 Å². The summed E-state index contributed by atoms with van der Waals surface area (Å²) in [6.45, 7) is 0.209. The number of rotatable bonds is 6. The molecule has 2 aromatic rings. The summed E-state index contributed by atoms with van der Waals surface area (Å²) in [4.78, 5) is 36.6. The van der Waals surface area contributed by atoms with Crippen LogP contribution in [0.15, 0.2) is 17.5 Å². The van der Waals surface area contributed by atoms with Crippen LogP contribution < -0.4 is 22.0 Å². The molecule has 17 heteroatoms. The zero-order chi connectivity index (χ0) is 23.4. The van der Waals surface area contributed by atoms with Crippen LogP contribution in [-0.4, -0.2) is 94.0 Å². The maximum atomic E-state index is 12.4. The van der Waals surface area contributed by atoms with E-state index in [4.69, 9.17) is 20.1 Å². The quantitative estimate of drug-likeness (QED) is 0.154. The van der Waals surface area contributed by atoms with Crippen LogP contribution >= 0.6 is 7.60 Å². The second kappa shape index (κ2) is 7.93. The number of fused-ring (bicyclic) bond motifs is 1. The van der Waals surface area contributed by atoms with E-state index >= 15 is 0 Å². The third kappa shape index (κ3) is 3.67. The van der Waals surface area contributed by atoms with Crippen LogP contribution in [0.25, 0.3) is 5.82 Å². The predicted octanol–water partition coefficient (Wildman–Crippen LogP) is -4.68. The van der Waals surface area contributed by atoms with E-state index < -0.39 is 55.7 Å². The molecule has 0 aromatic carbocycles. The Morgan fingerprint density at radius 3 is 2.81 bits per heavy atom. The number of nitrogens with two attached hydrogens (primary N) is 1. The van der Waals surface area contributed by atoms with Gasteiger partial charge in [-0.05, 0) is 0 Å². The minimum atomic E-state index is -4.82. The fraction of sp³-hybridized carbons (Fsp3) is 0.467. The molecule has 32 heavy (non-hydrogen) atoms. The van der Waals surface area contributed by atoms with E-state index in [2.05, 4.69) is 19.9 Å². The lowest BCUT2D eigenvalue weighted by molar-refractivity contribution is -0.157. The number of imidazole rings is 2. The van der Waals surface area contributed by atoms with Crippen molar-refractivity contribution < 1.29 is 43.9 Å². The Morgan fingerprint density at radius 2 is 2.16 bits per heavy atom. The van der Waals surface area contributed by atoms with Gasteiger partial charge in [0.15, 0.2) is 23.4 Å². The highest BCUT2D eigenvalue weighted by atomic mass is 31.2. The van der Waals surface area contributed by atoms with Crippen molar-refractivity contribution >= 4 is 24.8 Å². The molecule has 6 atom stereocenters. The van der Waals surface area contributed by atoms with Crippen LogP contribution in [0, 0.1) is 0 Å². The Bertz CT molecular complexity index is 1210. The second-order valence-corrected chi connectivity index (χ2v) is 8.82. The number of ether oxygens (including phenoxy) is 1. The lowest BCUT2D eigenvalue weighted by Gasteiger charge is -2.22. The Labute approximate surface area is 178 Å². The van der Waals surface area contributed by atoms with Gasteiger partial charge in [-0.25, -0.2) is 19.8 Å². The number of aliphatic hydroxyl groups excluding tert-OH is 3. The lowest BCUT2D eigenvalue weighted by Crippen LogP contribution is -2.46. The van der Waals surface area contributed by atoms with E-state index in [0.29, 0.717) is 11.2 Å².